The SMILES string of the molecule is O=C(c1ccc(Cl)c(F)c1)c1ccc2c(c1)OCO2. The third-order valence-corrected chi connectivity index (χ3v) is 3.12. The van der Waals surface area contributed by atoms with Gasteiger partial charge in [-0.3, -0.25) is 4.79 Å². The molecule has 0 saturated heterocycles. The van der Waals surface area contributed by atoms with Crippen LogP contribution in [0.4, 0.5) is 4.39 Å². The summed E-state index contributed by atoms with van der Waals surface area (Å²) in [5.74, 6) is 0.196. The van der Waals surface area contributed by atoms with Crippen LogP contribution in [0.3, 0.4) is 0 Å². The van der Waals surface area contributed by atoms with Crippen molar-refractivity contribution in [3.8, 4) is 11.5 Å². The summed E-state index contributed by atoms with van der Waals surface area (Å²) in [6, 6.07) is 8.81. The van der Waals surface area contributed by atoms with E-state index in [4.69, 9.17) is 21.1 Å². The van der Waals surface area contributed by atoms with Gasteiger partial charge in [0.1, 0.15) is 5.82 Å². The molecule has 0 N–H and O–H groups in total. The van der Waals surface area contributed by atoms with Crippen molar-refractivity contribution in [3.63, 3.8) is 0 Å². The number of carbonyl (C=O) groups is 1. The number of carbonyl (C=O) groups excluding carboxylic acids is 1. The van der Waals surface area contributed by atoms with Crippen LogP contribution < -0.4 is 9.47 Å². The van der Waals surface area contributed by atoms with E-state index < -0.39 is 5.82 Å². The first-order valence-electron chi connectivity index (χ1n) is 5.54. The molecule has 0 unspecified atom stereocenters. The highest BCUT2D eigenvalue weighted by Gasteiger charge is 2.17. The molecular formula is C14H8ClFO3. The normalized spacial score (nSPS) is 12.5. The molecule has 2 aromatic carbocycles. The maximum Gasteiger partial charge on any atom is 0.231 e. The predicted octanol–water partition coefficient (Wildman–Crippen LogP) is 3.44. The first-order chi connectivity index (χ1) is 9.15. The van der Waals surface area contributed by atoms with Crippen LogP contribution >= 0.6 is 11.6 Å². The second-order valence-corrected chi connectivity index (χ2v) is 4.43. The topological polar surface area (TPSA) is 35.5 Å². The van der Waals surface area contributed by atoms with E-state index >= 15 is 0 Å². The van der Waals surface area contributed by atoms with E-state index in [1.54, 1.807) is 18.2 Å². The smallest absolute Gasteiger partial charge is 0.231 e. The molecule has 0 fully saturated rings. The van der Waals surface area contributed by atoms with Crippen molar-refractivity contribution >= 4 is 17.4 Å². The van der Waals surface area contributed by atoms with Gasteiger partial charge >= 0.3 is 0 Å². The van der Waals surface area contributed by atoms with Crippen LogP contribution in [0.1, 0.15) is 15.9 Å². The van der Waals surface area contributed by atoms with Gasteiger partial charge in [0, 0.05) is 11.1 Å². The van der Waals surface area contributed by atoms with Gasteiger partial charge in [-0.15, -0.1) is 0 Å². The van der Waals surface area contributed by atoms with Crippen molar-refractivity contribution in [1.82, 2.24) is 0 Å². The summed E-state index contributed by atoms with van der Waals surface area (Å²) >= 11 is 5.59. The minimum absolute atomic E-state index is 0.0118. The fourth-order valence-corrected chi connectivity index (χ4v) is 1.96. The number of fused-ring (bicyclic) bond motifs is 1. The number of halogens is 2. The molecule has 0 spiro atoms. The number of benzene rings is 2. The van der Waals surface area contributed by atoms with Crippen molar-refractivity contribution in [3.05, 3.63) is 58.4 Å². The summed E-state index contributed by atoms with van der Waals surface area (Å²) in [6.07, 6.45) is 0. The van der Waals surface area contributed by atoms with Crippen molar-refractivity contribution in [2.24, 2.45) is 0 Å². The van der Waals surface area contributed by atoms with Crippen LogP contribution in [0.15, 0.2) is 36.4 Å². The molecule has 96 valence electrons. The van der Waals surface area contributed by atoms with Gasteiger partial charge in [-0.05, 0) is 36.4 Å². The van der Waals surface area contributed by atoms with Gasteiger partial charge in [0.15, 0.2) is 17.3 Å². The zero-order chi connectivity index (χ0) is 13.4. The van der Waals surface area contributed by atoms with Crippen molar-refractivity contribution in [1.29, 1.82) is 0 Å². The Hall–Kier alpha value is -2.07. The Morgan fingerprint density at radius 1 is 1.05 bits per heavy atom. The van der Waals surface area contributed by atoms with Crippen LogP contribution in [-0.2, 0) is 0 Å². The van der Waals surface area contributed by atoms with Gasteiger partial charge in [-0.1, -0.05) is 11.6 Å². The van der Waals surface area contributed by atoms with Gasteiger partial charge < -0.3 is 9.47 Å². The Kier molecular flexibility index (Phi) is 2.87. The maximum absolute atomic E-state index is 13.3. The first-order valence-corrected chi connectivity index (χ1v) is 5.92. The van der Waals surface area contributed by atoms with Crippen LogP contribution in [0, 0.1) is 5.82 Å². The number of ether oxygens (including phenoxy) is 2. The number of rotatable bonds is 2. The second-order valence-electron chi connectivity index (χ2n) is 4.03. The zero-order valence-electron chi connectivity index (χ0n) is 9.65. The Labute approximate surface area is 113 Å². The molecular weight excluding hydrogens is 271 g/mol. The van der Waals surface area contributed by atoms with E-state index in [0.717, 1.165) is 6.07 Å². The Morgan fingerprint density at radius 2 is 1.74 bits per heavy atom. The van der Waals surface area contributed by atoms with Gasteiger partial charge in [0.2, 0.25) is 6.79 Å². The number of hydrogen-bond donors (Lipinski definition) is 0. The second kappa shape index (κ2) is 4.55. The lowest BCUT2D eigenvalue weighted by molar-refractivity contribution is 0.103. The lowest BCUT2D eigenvalue weighted by atomic mass is 10.0. The summed E-state index contributed by atoms with van der Waals surface area (Å²) in [4.78, 5) is 12.2. The fourth-order valence-electron chi connectivity index (χ4n) is 1.84. The monoisotopic (exact) mass is 278 g/mol. The molecule has 1 heterocycles. The average molecular weight is 279 g/mol. The first kappa shape index (κ1) is 12.0. The van der Waals surface area contributed by atoms with Crippen LogP contribution in [0.25, 0.3) is 0 Å². The van der Waals surface area contributed by atoms with Crippen LogP contribution in [-0.4, -0.2) is 12.6 Å². The van der Waals surface area contributed by atoms with Gasteiger partial charge in [-0.25, -0.2) is 4.39 Å². The molecule has 3 rings (SSSR count). The molecule has 3 nitrogen and oxygen atoms in total. The predicted molar refractivity (Wildman–Crippen MR) is 67.4 cm³/mol. The van der Waals surface area contributed by atoms with Crippen molar-refractivity contribution in [2.75, 3.05) is 6.79 Å². The summed E-state index contributed by atoms with van der Waals surface area (Å²) < 4.78 is 23.7. The van der Waals surface area contributed by atoms with Crippen molar-refractivity contribution in [2.45, 2.75) is 0 Å². The fraction of sp³-hybridized carbons (Fsp3) is 0.0714. The molecule has 0 aliphatic carbocycles. The molecule has 1 aliphatic heterocycles. The Bertz CT molecular complexity index is 670. The molecule has 0 aromatic heterocycles. The van der Waals surface area contributed by atoms with Crippen LogP contribution in [0.5, 0.6) is 11.5 Å². The van der Waals surface area contributed by atoms with E-state index in [1.165, 1.54) is 12.1 Å². The minimum atomic E-state index is -0.617. The molecule has 0 atom stereocenters. The average Bonchev–Trinajstić information content (AvgIpc) is 2.88. The lowest BCUT2D eigenvalue weighted by Gasteiger charge is -2.03. The minimum Gasteiger partial charge on any atom is -0.454 e. The van der Waals surface area contributed by atoms with E-state index in [0.29, 0.717) is 17.1 Å². The molecule has 5 heteroatoms. The van der Waals surface area contributed by atoms with Crippen LogP contribution in [0.2, 0.25) is 5.02 Å². The van der Waals surface area contributed by atoms with Crippen molar-refractivity contribution < 1.29 is 18.7 Å². The number of hydrogen-bond acceptors (Lipinski definition) is 3. The Balaban J connectivity index is 1.97. The summed E-state index contributed by atoms with van der Waals surface area (Å²) in [5, 5.41) is -0.0118. The highest BCUT2D eigenvalue weighted by Crippen LogP contribution is 2.33. The quantitative estimate of drug-likeness (QED) is 0.790. The molecule has 0 bridgehead atoms. The van der Waals surface area contributed by atoms with E-state index in [2.05, 4.69) is 0 Å². The number of ketones is 1. The molecule has 0 amide bonds. The van der Waals surface area contributed by atoms with Gasteiger partial charge in [0.25, 0.3) is 0 Å². The lowest BCUT2D eigenvalue weighted by Crippen LogP contribution is -2.01. The third kappa shape index (κ3) is 2.15. The summed E-state index contributed by atoms with van der Waals surface area (Å²) in [5.41, 5.74) is 0.645. The largest absolute Gasteiger partial charge is 0.454 e. The van der Waals surface area contributed by atoms with E-state index in [9.17, 15) is 9.18 Å². The molecule has 1 aliphatic rings. The van der Waals surface area contributed by atoms with Gasteiger partial charge in [0.05, 0.1) is 5.02 Å². The third-order valence-electron chi connectivity index (χ3n) is 2.82. The highest BCUT2D eigenvalue weighted by atomic mass is 35.5. The zero-order valence-corrected chi connectivity index (χ0v) is 10.4. The highest BCUT2D eigenvalue weighted by molar-refractivity contribution is 6.30. The van der Waals surface area contributed by atoms with E-state index in [1.807, 2.05) is 0 Å². The molecule has 2 aromatic rings. The standard InChI is InChI=1S/C14H8ClFO3/c15-10-3-1-8(5-11(10)16)14(17)9-2-4-12-13(6-9)19-7-18-12/h1-6H,7H2. The molecule has 0 radical (unpaired) electrons. The molecule has 0 saturated carbocycles. The maximum atomic E-state index is 13.3. The summed E-state index contributed by atoms with van der Waals surface area (Å²) in [7, 11) is 0. The molecule has 19 heavy (non-hydrogen) atoms. The summed E-state index contributed by atoms with van der Waals surface area (Å²) in [6.45, 7) is 0.141. The van der Waals surface area contributed by atoms with E-state index in [-0.39, 0.29) is 23.2 Å². The van der Waals surface area contributed by atoms with Gasteiger partial charge in [-0.2, -0.15) is 0 Å². The Morgan fingerprint density at radius 3 is 2.53 bits per heavy atom.